The summed E-state index contributed by atoms with van der Waals surface area (Å²) in [5.41, 5.74) is 2.95. The molecular formula is C29H40O5. The minimum absolute atomic E-state index is 0.0392. The molecule has 0 saturated carbocycles. The maximum absolute atomic E-state index is 11.4. The highest BCUT2D eigenvalue weighted by molar-refractivity contribution is 5.97. The summed E-state index contributed by atoms with van der Waals surface area (Å²) in [7, 11) is 0. The van der Waals surface area contributed by atoms with Gasteiger partial charge in [0.1, 0.15) is 23.0 Å². The molecule has 0 N–H and O–H groups in total. The van der Waals surface area contributed by atoms with Crippen LogP contribution in [0.4, 0.5) is 0 Å². The zero-order valence-corrected chi connectivity index (χ0v) is 22.2. The Balaban J connectivity index is 2.63. The van der Waals surface area contributed by atoms with Crippen molar-refractivity contribution in [1.29, 1.82) is 0 Å². The molecule has 0 aliphatic heterocycles. The number of rotatable bonds is 12. The maximum Gasteiger partial charge on any atom is 0.298 e. The van der Waals surface area contributed by atoms with Crippen LogP contribution in [0.15, 0.2) is 47.4 Å². The third-order valence-electron chi connectivity index (χ3n) is 6.38. The molecule has 0 heterocycles. The number of allylic oxidation sites excluding steroid dienone is 4. The van der Waals surface area contributed by atoms with Crippen molar-refractivity contribution in [2.75, 3.05) is 13.4 Å². The van der Waals surface area contributed by atoms with Crippen molar-refractivity contribution in [3.63, 3.8) is 0 Å². The molecule has 0 fully saturated rings. The van der Waals surface area contributed by atoms with Crippen molar-refractivity contribution in [3.05, 3.63) is 58.6 Å². The van der Waals surface area contributed by atoms with Gasteiger partial charge in [-0.1, -0.05) is 63.6 Å². The Morgan fingerprint density at radius 1 is 1.00 bits per heavy atom. The van der Waals surface area contributed by atoms with Crippen molar-refractivity contribution in [2.24, 2.45) is 5.92 Å². The van der Waals surface area contributed by atoms with Crippen LogP contribution < -0.4 is 9.47 Å². The number of fused-ring (bicyclic) bond motifs is 1. The molecule has 2 aromatic carbocycles. The average molecular weight is 469 g/mol. The minimum atomic E-state index is -0.285. The van der Waals surface area contributed by atoms with Crippen LogP contribution in [0.25, 0.3) is 10.8 Å². The van der Waals surface area contributed by atoms with E-state index in [0.717, 1.165) is 39.8 Å². The standard InChI is InChI=1S/C29H40O5/c1-10-31-22(6)23(7)33-18-34-28-25-14-12-11-13-24(25)27(32-17-30)21(5)26(28)29(8,9)16-15-20(4)19(2)3/h11-15,17,19H,10,16,18H2,1-9H3/b20-15+,23-22?. The predicted octanol–water partition coefficient (Wildman–Crippen LogP) is 7.59. The summed E-state index contributed by atoms with van der Waals surface area (Å²) in [5, 5.41) is 1.71. The highest BCUT2D eigenvalue weighted by Crippen LogP contribution is 2.47. The molecule has 0 atom stereocenters. The van der Waals surface area contributed by atoms with E-state index in [0.29, 0.717) is 30.5 Å². The van der Waals surface area contributed by atoms with Crippen molar-refractivity contribution >= 4 is 17.2 Å². The number of hydrogen-bond acceptors (Lipinski definition) is 5. The highest BCUT2D eigenvalue weighted by atomic mass is 16.7. The maximum atomic E-state index is 11.4. The first-order valence-electron chi connectivity index (χ1n) is 11.9. The van der Waals surface area contributed by atoms with Crippen molar-refractivity contribution in [1.82, 2.24) is 0 Å². The van der Waals surface area contributed by atoms with Gasteiger partial charge in [-0.25, -0.2) is 0 Å². The summed E-state index contributed by atoms with van der Waals surface area (Å²) in [6.07, 6.45) is 3.11. The summed E-state index contributed by atoms with van der Waals surface area (Å²) in [4.78, 5) is 11.4. The molecule has 0 aliphatic carbocycles. The zero-order valence-electron chi connectivity index (χ0n) is 22.2. The number of carbonyl (C=O) groups is 1. The Morgan fingerprint density at radius 3 is 2.15 bits per heavy atom. The number of ether oxygens (including phenoxy) is 4. The second-order valence-corrected chi connectivity index (χ2v) is 9.56. The van der Waals surface area contributed by atoms with Gasteiger partial charge in [0, 0.05) is 16.3 Å². The SMILES string of the molecule is CCOC(C)=C(C)OCOc1c(C(C)(C)C/C=C(\C)C(C)C)c(C)c(OC=O)c2ccccc12. The van der Waals surface area contributed by atoms with E-state index in [-0.39, 0.29) is 12.2 Å². The van der Waals surface area contributed by atoms with Gasteiger partial charge in [0.2, 0.25) is 6.79 Å². The molecule has 186 valence electrons. The third kappa shape index (κ3) is 6.34. The van der Waals surface area contributed by atoms with Crippen LogP contribution in [0.5, 0.6) is 11.5 Å². The lowest BCUT2D eigenvalue weighted by Crippen LogP contribution is -2.21. The van der Waals surface area contributed by atoms with Gasteiger partial charge < -0.3 is 18.9 Å². The summed E-state index contributed by atoms with van der Waals surface area (Å²) in [5.74, 6) is 3.20. The fourth-order valence-corrected chi connectivity index (χ4v) is 4.01. The first-order valence-corrected chi connectivity index (χ1v) is 11.9. The van der Waals surface area contributed by atoms with Crippen LogP contribution in [0.1, 0.15) is 72.9 Å². The fourth-order valence-electron chi connectivity index (χ4n) is 4.01. The van der Waals surface area contributed by atoms with E-state index in [9.17, 15) is 4.79 Å². The van der Waals surface area contributed by atoms with Gasteiger partial charge in [-0.05, 0) is 57.9 Å². The van der Waals surface area contributed by atoms with E-state index in [4.69, 9.17) is 18.9 Å². The molecule has 5 nitrogen and oxygen atoms in total. The van der Waals surface area contributed by atoms with Crippen LogP contribution in [0.2, 0.25) is 0 Å². The van der Waals surface area contributed by atoms with Gasteiger partial charge in [-0.3, -0.25) is 4.79 Å². The third-order valence-corrected chi connectivity index (χ3v) is 6.38. The molecular weight excluding hydrogens is 428 g/mol. The molecule has 5 heteroatoms. The Kier molecular flexibility index (Phi) is 9.60. The Bertz CT molecular complexity index is 1060. The molecule has 0 spiro atoms. The largest absolute Gasteiger partial charge is 0.495 e. The van der Waals surface area contributed by atoms with Crippen molar-refractivity contribution in [3.8, 4) is 11.5 Å². The molecule has 0 amide bonds. The first-order chi connectivity index (χ1) is 16.0. The fraction of sp³-hybridized carbons (Fsp3) is 0.483. The minimum Gasteiger partial charge on any atom is -0.495 e. The van der Waals surface area contributed by atoms with Crippen LogP contribution in [0.3, 0.4) is 0 Å². The van der Waals surface area contributed by atoms with Gasteiger partial charge in [-0.2, -0.15) is 0 Å². The van der Waals surface area contributed by atoms with Gasteiger partial charge in [0.15, 0.2) is 0 Å². The van der Waals surface area contributed by atoms with E-state index in [2.05, 4.69) is 40.7 Å². The van der Waals surface area contributed by atoms with Crippen LogP contribution in [-0.4, -0.2) is 19.9 Å². The van der Waals surface area contributed by atoms with E-state index >= 15 is 0 Å². The van der Waals surface area contributed by atoms with Gasteiger partial charge >= 0.3 is 0 Å². The molecule has 2 rings (SSSR count). The lowest BCUT2D eigenvalue weighted by Gasteiger charge is -2.31. The van der Waals surface area contributed by atoms with Crippen molar-refractivity contribution < 1.29 is 23.7 Å². The van der Waals surface area contributed by atoms with Crippen LogP contribution in [-0.2, 0) is 19.7 Å². The summed E-state index contributed by atoms with van der Waals surface area (Å²) in [6.45, 7) is 19.7. The lowest BCUT2D eigenvalue weighted by molar-refractivity contribution is -0.120. The molecule has 0 saturated heterocycles. The van der Waals surface area contributed by atoms with Gasteiger partial charge in [0.25, 0.3) is 6.47 Å². The molecule has 0 aromatic heterocycles. The average Bonchev–Trinajstić information content (AvgIpc) is 2.79. The second-order valence-electron chi connectivity index (χ2n) is 9.56. The zero-order chi connectivity index (χ0) is 25.5. The monoisotopic (exact) mass is 468 g/mol. The van der Waals surface area contributed by atoms with Crippen molar-refractivity contribution in [2.45, 2.75) is 74.1 Å². The highest BCUT2D eigenvalue weighted by Gasteiger charge is 2.30. The second kappa shape index (κ2) is 12.0. The van der Waals surface area contributed by atoms with Gasteiger partial charge in [0.05, 0.1) is 6.61 Å². The quantitative estimate of drug-likeness (QED) is 0.139. The normalized spacial score (nSPS) is 13.1. The number of benzene rings is 2. The van der Waals surface area contributed by atoms with Gasteiger partial charge in [-0.15, -0.1) is 0 Å². The number of hydrogen-bond donors (Lipinski definition) is 0. The van der Waals surface area contributed by atoms with Crippen LogP contribution >= 0.6 is 0 Å². The molecule has 0 aliphatic rings. The van der Waals surface area contributed by atoms with E-state index in [1.807, 2.05) is 52.0 Å². The smallest absolute Gasteiger partial charge is 0.298 e. The summed E-state index contributed by atoms with van der Waals surface area (Å²) < 4.78 is 23.2. The summed E-state index contributed by atoms with van der Waals surface area (Å²) >= 11 is 0. The number of carbonyl (C=O) groups excluding carboxylic acids is 1. The molecule has 0 bridgehead atoms. The Hall–Kier alpha value is -2.95. The summed E-state index contributed by atoms with van der Waals surface area (Å²) in [6, 6.07) is 7.82. The molecule has 2 aromatic rings. The van der Waals surface area contributed by atoms with E-state index in [1.54, 1.807) is 0 Å². The van der Waals surface area contributed by atoms with E-state index in [1.165, 1.54) is 5.57 Å². The lowest BCUT2D eigenvalue weighted by atomic mass is 9.76. The van der Waals surface area contributed by atoms with Crippen LogP contribution in [0, 0.1) is 12.8 Å². The topological polar surface area (TPSA) is 54.0 Å². The predicted molar refractivity (Wildman–Crippen MR) is 138 cm³/mol. The molecule has 34 heavy (non-hydrogen) atoms. The van der Waals surface area contributed by atoms with E-state index < -0.39 is 0 Å². The Morgan fingerprint density at radius 2 is 1.59 bits per heavy atom. The molecule has 0 unspecified atom stereocenters. The Labute approximate surface area is 204 Å². The first kappa shape index (κ1) is 27.3. The molecule has 0 radical (unpaired) electrons.